The van der Waals surface area contributed by atoms with E-state index in [9.17, 15) is 4.79 Å². The predicted octanol–water partition coefficient (Wildman–Crippen LogP) is 2.13. The number of primary amides is 1. The van der Waals surface area contributed by atoms with Crippen LogP contribution in [0.5, 0.6) is 0 Å². The molecule has 9 heteroatoms. The average Bonchev–Trinajstić information content (AvgIpc) is 3.40. The number of nitrogens with two attached hydrogens (primary N) is 1. The van der Waals surface area contributed by atoms with Crippen LogP contribution in [0, 0.1) is 0 Å². The Hall–Kier alpha value is -4.40. The fourth-order valence-electron chi connectivity index (χ4n) is 3.49. The van der Waals surface area contributed by atoms with Crippen molar-refractivity contribution in [1.82, 2.24) is 34.6 Å². The van der Waals surface area contributed by atoms with Crippen LogP contribution < -0.4 is 5.73 Å². The molecule has 2 aromatic carbocycles. The fraction of sp³-hybridized carbons (Fsp3) is 0.0909. The summed E-state index contributed by atoms with van der Waals surface area (Å²) in [6.45, 7) is -0.0415. The first-order valence-corrected chi connectivity index (χ1v) is 9.70. The van der Waals surface area contributed by atoms with Gasteiger partial charge in [0.05, 0.1) is 12.1 Å². The Balaban J connectivity index is 1.67. The molecule has 0 aliphatic carbocycles. The van der Waals surface area contributed by atoms with Gasteiger partial charge in [0, 0.05) is 11.1 Å². The van der Waals surface area contributed by atoms with E-state index in [-0.39, 0.29) is 6.54 Å². The highest BCUT2D eigenvalue weighted by atomic mass is 16.1. The summed E-state index contributed by atoms with van der Waals surface area (Å²) in [5.74, 6) is 0.760. The molecule has 0 bridgehead atoms. The van der Waals surface area contributed by atoms with Gasteiger partial charge in [0.15, 0.2) is 11.5 Å². The van der Waals surface area contributed by atoms with E-state index in [0.29, 0.717) is 23.7 Å². The first-order valence-electron chi connectivity index (χ1n) is 9.70. The van der Waals surface area contributed by atoms with Crippen LogP contribution in [0.25, 0.3) is 28.2 Å². The van der Waals surface area contributed by atoms with Crippen LogP contribution in [0.4, 0.5) is 0 Å². The van der Waals surface area contributed by atoms with E-state index in [1.807, 2.05) is 66.7 Å². The van der Waals surface area contributed by atoms with Crippen LogP contribution in [-0.4, -0.2) is 40.5 Å². The summed E-state index contributed by atoms with van der Waals surface area (Å²) in [4.78, 5) is 15.7. The van der Waals surface area contributed by atoms with E-state index in [2.05, 4.69) is 20.3 Å². The highest BCUT2D eigenvalue weighted by Crippen LogP contribution is 2.27. The third-order valence-corrected chi connectivity index (χ3v) is 4.91. The minimum Gasteiger partial charge on any atom is -0.368 e. The molecule has 3 aromatic heterocycles. The molecule has 5 rings (SSSR count). The maximum absolute atomic E-state index is 11.4. The molecule has 2 N–H and O–H groups in total. The summed E-state index contributed by atoms with van der Waals surface area (Å²) in [6.07, 6.45) is 1.77. The number of carbonyl (C=O) groups is 1. The van der Waals surface area contributed by atoms with Crippen molar-refractivity contribution in [2.24, 2.45) is 5.73 Å². The van der Waals surface area contributed by atoms with Crippen molar-refractivity contribution in [3.63, 3.8) is 0 Å². The Bertz CT molecular complexity index is 1360. The van der Waals surface area contributed by atoms with E-state index in [1.54, 1.807) is 4.52 Å². The van der Waals surface area contributed by atoms with Crippen molar-refractivity contribution in [3.8, 4) is 22.5 Å². The molecule has 31 heavy (non-hydrogen) atoms. The number of hydrogen-bond donors (Lipinski definition) is 1. The molecule has 0 aliphatic rings. The zero-order valence-electron chi connectivity index (χ0n) is 16.5. The van der Waals surface area contributed by atoms with Crippen LogP contribution in [0.2, 0.25) is 0 Å². The molecule has 9 nitrogen and oxygen atoms in total. The Morgan fingerprint density at radius 1 is 0.935 bits per heavy atom. The first-order chi connectivity index (χ1) is 15.2. The van der Waals surface area contributed by atoms with E-state index in [1.165, 1.54) is 11.0 Å². The van der Waals surface area contributed by atoms with Gasteiger partial charge in [-0.1, -0.05) is 60.7 Å². The number of nitrogens with zero attached hydrogens (tertiary/aromatic N) is 7. The fourth-order valence-corrected chi connectivity index (χ4v) is 3.49. The second kappa shape index (κ2) is 7.79. The van der Waals surface area contributed by atoms with Crippen LogP contribution in [0.1, 0.15) is 11.5 Å². The van der Waals surface area contributed by atoms with Gasteiger partial charge in [0.1, 0.15) is 18.7 Å². The van der Waals surface area contributed by atoms with E-state index < -0.39 is 5.91 Å². The Kier molecular flexibility index (Phi) is 4.68. The summed E-state index contributed by atoms with van der Waals surface area (Å²) in [7, 11) is 0. The van der Waals surface area contributed by atoms with E-state index >= 15 is 0 Å². The van der Waals surface area contributed by atoms with Gasteiger partial charge in [-0.05, 0) is 11.6 Å². The Morgan fingerprint density at radius 2 is 1.65 bits per heavy atom. The number of fused-ring (bicyclic) bond motifs is 1. The van der Waals surface area contributed by atoms with Gasteiger partial charge in [0.25, 0.3) is 0 Å². The van der Waals surface area contributed by atoms with Crippen molar-refractivity contribution in [2.75, 3.05) is 0 Å². The number of carbonyl (C=O) groups excluding carboxylic acids is 1. The van der Waals surface area contributed by atoms with Crippen molar-refractivity contribution in [3.05, 3.63) is 84.6 Å². The van der Waals surface area contributed by atoms with Gasteiger partial charge in [-0.15, -0.1) is 10.2 Å². The normalized spacial score (nSPS) is 11.1. The van der Waals surface area contributed by atoms with Crippen LogP contribution in [0.3, 0.4) is 0 Å². The molecule has 0 radical (unpaired) electrons. The molecular weight excluding hydrogens is 392 g/mol. The predicted molar refractivity (Wildman–Crippen MR) is 114 cm³/mol. The Morgan fingerprint density at radius 3 is 2.35 bits per heavy atom. The van der Waals surface area contributed by atoms with Gasteiger partial charge in [-0.2, -0.15) is 14.7 Å². The number of aromatic nitrogens is 7. The summed E-state index contributed by atoms with van der Waals surface area (Å²) < 4.78 is 3.22. The van der Waals surface area contributed by atoms with E-state index in [4.69, 9.17) is 10.8 Å². The lowest BCUT2D eigenvalue weighted by atomic mass is 10.0. The molecule has 0 unspecified atom stereocenters. The largest absolute Gasteiger partial charge is 0.368 e. The summed E-state index contributed by atoms with van der Waals surface area (Å²) in [5.41, 5.74) is 9.57. The number of hydrogen-bond acceptors (Lipinski definition) is 6. The maximum atomic E-state index is 11.4. The second-order valence-electron chi connectivity index (χ2n) is 7.01. The molecule has 0 spiro atoms. The van der Waals surface area contributed by atoms with Crippen molar-refractivity contribution >= 4 is 11.6 Å². The third kappa shape index (κ3) is 3.64. The van der Waals surface area contributed by atoms with Crippen molar-refractivity contribution < 1.29 is 4.79 Å². The quantitative estimate of drug-likeness (QED) is 0.458. The lowest BCUT2D eigenvalue weighted by molar-refractivity contribution is -0.118. The summed E-state index contributed by atoms with van der Waals surface area (Å²) >= 11 is 0. The molecule has 0 saturated heterocycles. The highest BCUT2D eigenvalue weighted by Gasteiger charge is 2.17. The zero-order chi connectivity index (χ0) is 21.2. The zero-order valence-corrected chi connectivity index (χ0v) is 16.5. The SMILES string of the molecule is NC(=O)Cn1ncnc1Cc1nn2c(-c3ccccc3)nnc2cc1-c1ccccc1. The van der Waals surface area contributed by atoms with E-state index in [0.717, 1.165) is 22.4 Å². The monoisotopic (exact) mass is 410 g/mol. The van der Waals surface area contributed by atoms with Crippen LogP contribution >= 0.6 is 0 Å². The van der Waals surface area contributed by atoms with Crippen molar-refractivity contribution in [2.45, 2.75) is 13.0 Å². The average molecular weight is 410 g/mol. The second-order valence-corrected chi connectivity index (χ2v) is 7.01. The van der Waals surface area contributed by atoms with Crippen molar-refractivity contribution in [1.29, 1.82) is 0 Å². The number of amides is 1. The number of rotatable bonds is 6. The molecule has 0 aliphatic heterocycles. The minimum absolute atomic E-state index is 0.0415. The molecule has 0 fully saturated rings. The first kappa shape index (κ1) is 18.6. The summed E-state index contributed by atoms with van der Waals surface area (Å²) in [6, 6.07) is 21.7. The van der Waals surface area contributed by atoms with Gasteiger partial charge >= 0.3 is 0 Å². The highest BCUT2D eigenvalue weighted by molar-refractivity contribution is 5.73. The topological polar surface area (TPSA) is 117 Å². The van der Waals surface area contributed by atoms with Crippen LogP contribution in [-0.2, 0) is 17.8 Å². The van der Waals surface area contributed by atoms with Gasteiger partial charge in [0.2, 0.25) is 5.91 Å². The number of benzene rings is 2. The van der Waals surface area contributed by atoms with Gasteiger partial charge < -0.3 is 5.73 Å². The molecule has 0 saturated carbocycles. The minimum atomic E-state index is -0.483. The molecule has 1 amide bonds. The van der Waals surface area contributed by atoms with Gasteiger partial charge in [-0.3, -0.25) is 4.79 Å². The third-order valence-electron chi connectivity index (χ3n) is 4.91. The standard InChI is InChI=1S/C22H18N8O/c23-19(31)13-29-20(24-14-25-29)12-18-17(15-7-3-1-4-8-15)11-21-26-27-22(30(21)28-18)16-9-5-2-6-10-16/h1-11,14H,12-13H2,(H2,23,31). The molecule has 5 aromatic rings. The Labute approximate surface area is 177 Å². The summed E-state index contributed by atoms with van der Waals surface area (Å²) in [5, 5.41) is 17.7. The van der Waals surface area contributed by atoms with Crippen LogP contribution in [0.15, 0.2) is 73.1 Å². The maximum Gasteiger partial charge on any atom is 0.239 e. The lowest BCUT2D eigenvalue weighted by Crippen LogP contribution is -2.21. The molecule has 0 atom stereocenters. The molecular formula is C22H18N8O. The molecule has 3 heterocycles. The smallest absolute Gasteiger partial charge is 0.239 e. The lowest BCUT2D eigenvalue weighted by Gasteiger charge is -2.11. The molecule has 152 valence electrons. The van der Waals surface area contributed by atoms with Gasteiger partial charge in [-0.25, -0.2) is 9.67 Å².